The smallest absolute Gasteiger partial charge is 0.408 e. The van der Waals surface area contributed by atoms with Crippen LogP contribution in [-0.4, -0.2) is 78.6 Å². The number of rotatable bonds is 16. The number of aliphatic carboxylic acids is 1. The van der Waals surface area contributed by atoms with E-state index in [9.17, 15) is 41.8 Å². The second-order valence-corrected chi connectivity index (χ2v) is 10.6. The van der Waals surface area contributed by atoms with E-state index >= 15 is 0 Å². The predicted molar refractivity (Wildman–Crippen MR) is 137 cm³/mol. The van der Waals surface area contributed by atoms with Crippen LogP contribution in [0.25, 0.3) is 0 Å². The molecule has 41 heavy (non-hydrogen) atoms. The molecule has 0 heterocycles. The highest BCUT2D eigenvalue weighted by Gasteiger charge is 2.43. The normalized spacial score (nSPS) is 14.7. The number of alkyl carbamates (subject to hydrolysis) is 1. The van der Waals surface area contributed by atoms with Crippen LogP contribution in [0.1, 0.15) is 46.6 Å². The fourth-order valence-electron chi connectivity index (χ4n) is 3.57. The molecule has 3 amide bonds. The molecule has 0 aliphatic rings. The Bertz CT molecular complexity index is 1010. The van der Waals surface area contributed by atoms with Crippen molar-refractivity contribution in [2.24, 2.45) is 5.92 Å². The summed E-state index contributed by atoms with van der Waals surface area (Å²) in [6, 6.07) is 4.64. The zero-order chi connectivity index (χ0) is 31.4. The summed E-state index contributed by atoms with van der Waals surface area (Å²) in [4.78, 5) is 51.0. The van der Waals surface area contributed by atoms with E-state index in [1.807, 2.05) is 0 Å². The molecule has 0 bridgehead atoms. The zero-order valence-electron chi connectivity index (χ0n) is 23.4. The average molecular weight is 596 g/mol. The Morgan fingerprint density at radius 2 is 1.46 bits per heavy atom. The van der Waals surface area contributed by atoms with Gasteiger partial charge < -0.3 is 35.3 Å². The quantitative estimate of drug-likeness (QED) is 0.213. The summed E-state index contributed by atoms with van der Waals surface area (Å²) in [6.07, 6.45) is -1.66. The third-order valence-electron chi connectivity index (χ3n) is 5.31. The summed E-state index contributed by atoms with van der Waals surface area (Å²) in [7, 11) is 0. The maximum Gasteiger partial charge on any atom is 0.408 e. The van der Waals surface area contributed by atoms with E-state index in [2.05, 4.69) is 25.4 Å². The lowest BCUT2D eigenvalue weighted by Crippen LogP contribution is -2.64. The lowest BCUT2D eigenvalue weighted by molar-refractivity contribution is -0.168. The second kappa shape index (κ2) is 16.1. The molecule has 0 saturated carbocycles. The van der Waals surface area contributed by atoms with Crippen LogP contribution in [0, 0.1) is 5.92 Å². The standard InChI is InChI=1S/C26H37F4N3O8/c1-15(2)11-17(31-19(34)18(13-39-22(27)28)32-24(38)41-25(3,4)5)20(35)33-26(21(36)37,14-40-23(29)30)12-16-9-7-6-8-10-16/h6-10,15,17-18,22-23H,11-14H2,1-5H3,(H,31,34)(H,32,38)(H,33,35)(H,36,37)/t17-,18-,26-/m0/s1. The SMILES string of the molecule is CC(C)C[C@H](NC(=O)[C@H](COC(F)F)NC(=O)OC(C)(C)C)C(=O)N[C@](COC(F)F)(Cc1ccccc1)C(=O)O. The molecule has 4 N–H and O–H groups in total. The number of carboxylic acids is 1. The molecule has 1 aromatic carbocycles. The summed E-state index contributed by atoms with van der Waals surface area (Å²) < 4.78 is 64.8. The van der Waals surface area contributed by atoms with Crippen molar-refractivity contribution in [1.29, 1.82) is 0 Å². The molecular weight excluding hydrogens is 558 g/mol. The van der Waals surface area contributed by atoms with Gasteiger partial charge >= 0.3 is 25.3 Å². The first kappa shape index (κ1) is 35.6. The van der Waals surface area contributed by atoms with Gasteiger partial charge in [-0.3, -0.25) is 9.59 Å². The first-order valence-corrected chi connectivity index (χ1v) is 12.6. The van der Waals surface area contributed by atoms with Gasteiger partial charge in [0, 0.05) is 6.42 Å². The average Bonchev–Trinajstić information content (AvgIpc) is 2.83. The van der Waals surface area contributed by atoms with Crippen molar-refractivity contribution in [3.63, 3.8) is 0 Å². The van der Waals surface area contributed by atoms with Gasteiger partial charge in [-0.1, -0.05) is 44.2 Å². The topological polar surface area (TPSA) is 152 Å². The van der Waals surface area contributed by atoms with Crippen molar-refractivity contribution in [3.05, 3.63) is 35.9 Å². The highest BCUT2D eigenvalue weighted by Crippen LogP contribution is 2.19. The van der Waals surface area contributed by atoms with E-state index in [-0.39, 0.29) is 12.3 Å². The number of halogens is 4. The Hall–Kier alpha value is -3.46. The van der Waals surface area contributed by atoms with Gasteiger partial charge in [0.15, 0.2) is 5.54 Å². The minimum absolute atomic E-state index is 0.0802. The molecule has 0 radical (unpaired) electrons. The Balaban J connectivity index is 3.28. The third kappa shape index (κ3) is 13.6. The number of carbonyl (C=O) groups is 4. The monoisotopic (exact) mass is 595 g/mol. The Morgan fingerprint density at radius 1 is 0.878 bits per heavy atom. The molecule has 0 aromatic heterocycles. The third-order valence-corrected chi connectivity index (χ3v) is 5.31. The van der Waals surface area contributed by atoms with Crippen LogP contribution in [0.2, 0.25) is 0 Å². The van der Waals surface area contributed by atoms with Gasteiger partial charge in [-0.15, -0.1) is 0 Å². The fraction of sp³-hybridized carbons (Fsp3) is 0.615. The molecule has 15 heteroatoms. The molecule has 0 unspecified atom stereocenters. The van der Waals surface area contributed by atoms with Crippen molar-refractivity contribution < 1.29 is 56.1 Å². The van der Waals surface area contributed by atoms with E-state index in [4.69, 9.17) is 4.74 Å². The van der Waals surface area contributed by atoms with Gasteiger partial charge in [-0.05, 0) is 38.7 Å². The van der Waals surface area contributed by atoms with Crippen molar-refractivity contribution in [2.75, 3.05) is 13.2 Å². The van der Waals surface area contributed by atoms with E-state index in [0.717, 1.165) is 0 Å². The summed E-state index contributed by atoms with van der Waals surface area (Å²) in [5.74, 6) is -4.15. The van der Waals surface area contributed by atoms with Gasteiger partial charge in [0.1, 0.15) is 17.7 Å². The molecule has 0 fully saturated rings. The lowest BCUT2D eigenvalue weighted by atomic mass is 9.90. The molecule has 1 rings (SSSR count). The number of hydrogen-bond acceptors (Lipinski definition) is 7. The lowest BCUT2D eigenvalue weighted by Gasteiger charge is -2.33. The van der Waals surface area contributed by atoms with Crippen molar-refractivity contribution >= 4 is 23.9 Å². The van der Waals surface area contributed by atoms with Crippen molar-refractivity contribution in [1.82, 2.24) is 16.0 Å². The second-order valence-electron chi connectivity index (χ2n) is 10.6. The number of carbonyl (C=O) groups excluding carboxylic acids is 3. The van der Waals surface area contributed by atoms with Crippen LogP contribution in [0.15, 0.2) is 30.3 Å². The van der Waals surface area contributed by atoms with Crippen LogP contribution in [-0.2, 0) is 35.0 Å². The molecule has 0 aliphatic heterocycles. The Kier molecular flexibility index (Phi) is 14.0. The van der Waals surface area contributed by atoms with Crippen LogP contribution in [0.4, 0.5) is 22.4 Å². The number of hydrogen-bond donors (Lipinski definition) is 4. The predicted octanol–water partition coefficient (Wildman–Crippen LogP) is 3.07. The van der Waals surface area contributed by atoms with E-state index in [0.29, 0.717) is 5.56 Å². The minimum Gasteiger partial charge on any atom is -0.479 e. The number of nitrogens with one attached hydrogen (secondary N) is 3. The van der Waals surface area contributed by atoms with Gasteiger partial charge in [-0.2, -0.15) is 17.6 Å². The number of benzene rings is 1. The molecule has 0 spiro atoms. The summed E-state index contributed by atoms with van der Waals surface area (Å²) in [6.45, 7) is -0.797. The number of amides is 3. The summed E-state index contributed by atoms with van der Waals surface area (Å²) >= 11 is 0. The van der Waals surface area contributed by atoms with Crippen molar-refractivity contribution in [3.8, 4) is 0 Å². The van der Waals surface area contributed by atoms with Gasteiger partial charge in [0.05, 0.1) is 13.2 Å². The first-order valence-electron chi connectivity index (χ1n) is 12.6. The Labute approximate surface area is 235 Å². The highest BCUT2D eigenvalue weighted by molar-refractivity contribution is 5.94. The zero-order valence-corrected chi connectivity index (χ0v) is 23.4. The molecule has 11 nitrogen and oxygen atoms in total. The van der Waals surface area contributed by atoms with Crippen LogP contribution < -0.4 is 16.0 Å². The van der Waals surface area contributed by atoms with Gasteiger partial charge in [0.25, 0.3) is 0 Å². The number of ether oxygens (including phenoxy) is 3. The fourth-order valence-corrected chi connectivity index (χ4v) is 3.57. The van der Waals surface area contributed by atoms with E-state index < -0.39 is 80.0 Å². The summed E-state index contributed by atoms with van der Waals surface area (Å²) in [5, 5.41) is 16.6. The first-order chi connectivity index (χ1) is 18.9. The number of carboxylic acid groups (broad SMARTS) is 1. The van der Waals surface area contributed by atoms with Crippen LogP contribution in [0.3, 0.4) is 0 Å². The van der Waals surface area contributed by atoms with E-state index in [1.54, 1.807) is 32.0 Å². The molecule has 0 saturated heterocycles. The molecular formula is C26H37F4N3O8. The van der Waals surface area contributed by atoms with Crippen LogP contribution in [0.5, 0.6) is 0 Å². The minimum atomic E-state index is -3.35. The number of alkyl halides is 4. The van der Waals surface area contributed by atoms with E-state index in [1.165, 1.54) is 32.9 Å². The highest BCUT2D eigenvalue weighted by atomic mass is 19.3. The van der Waals surface area contributed by atoms with Crippen molar-refractivity contribution in [2.45, 2.75) is 83.9 Å². The molecule has 232 valence electrons. The van der Waals surface area contributed by atoms with Crippen LogP contribution >= 0.6 is 0 Å². The Morgan fingerprint density at radius 3 is 1.95 bits per heavy atom. The maximum absolute atomic E-state index is 13.4. The maximum atomic E-state index is 13.4. The molecule has 3 atom stereocenters. The molecule has 0 aliphatic carbocycles. The summed E-state index contributed by atoms with van der Waals surface area (Å²) in [5.41, 5.74) is -2.99. The van der Waals surface area contributed by atoms with Gasteiger partial charge in [-0.25, -0.2) is 9.59 Å². The molecule has 1 aromatic rings. The van der Waals surface area contributed by atoms with Gasteiger partial charge in [0.2, 0.25) is 11.8 Å². The largest absolute Gasteiger partial charge is 0.479 e.